The molecule has 0 radical (unpaired) electrons. The van der Waals surface area contributed by atoms with Crippen molar-refractivity contribution in [1.82, 2.24) is 3.97 Å². The number of hydrogen-bond acceptors (Lipinski definition) is 4. The number of benzene rings is 2. The van der Waals surface area contributed by atoms with E-state index in [1.54, 1.807) is 42.6 Å². The number of thioether (sulfide) groups is 1. The zero-order valence-electron chi connectivity index (χ0n) is 16.7. The second-order valence-corrected chi connectivity index (χ2v) is 10.4. The van der Waals surface area contributed by atoms with Crippen LogP contribution >= 0.6 is 11.8 Å². The third-order valence-corrected chi connectivity index (χ3v) is 7.34. The topological polar surface area (TPSA) is 59.3 Å². The van der Waals surface area contributed by atoms with E-state index >= 15 is 0 Å². The fourth-order valence-corrected chi connectivity index (χ4v) is 5.44. The number of phenols is 1. The third kappa shape index (κ3) is 3.71. The van der Waals surface area contributed by atoms with E-state index < -0.39 is 10.0 Å². The van der Waals surface area contributed by atoms with Crippen LogP contribution in [0.4, 0.5) is 0 Å². The van der Waals surface area contributed by atoms with Gasteiger partial charge in [-0.15, -0.1) is 11.8 Å². The van der Waals surface area contributed by atoms with Crippen LogP contribution in [0.25, 0.3) is 11.1 Å². The SMILES string of the molecule is CSc1c(-c2cc(C(C)(C)C)ccc2O)ccn1S(=O)(=O)c1ccc(C)cc1. The van der Waals surface area contributed by atoms with Gasteiger partial charge in [-0.05, 0) is 54.5 Å². The van der Waals surface area contributed by atoms with E-state index in [9.17, 15) is 13.5 Å². The average Bonchev–Trinajstić information content (AvgIpc) is 3.06. The number of rotatable bonds is 4. The molecule has 3 aromatic rings. The first-order chi connectivity index (χ1) is 13.1. The number of aromatic nitrogens is 1. The lowest BCUT2D eigenvalue weighted by molar-refractivity contribution is 0.476. The van der Waals surface area contributed by atoms with E-state index in [-0.39, 0.29) is 16.1 Å². The molecule has 28 heavy (non-hydrogen) atoms. The molecule has 0 spiro atoms. The Bertz CT molecular complexity index is 1110. The Kier molecular flexibility index (Phi) is 5.38. The van der Waals surface area contributed by atoms with Gasteiger partial charge in [0.1, 0.15) is 5.75 Å². The normalized spacial score (nSPS) is 12.3. The molecule has 0 aliphatic heterocycles. The summed E-state index contributed by atoms with van der Waals surface area (Å²) in [6, 6.07) is 14.1. The van der Waals surface area contributed by atoms with Gasteiger partial charge in [0.15, 0.2) is 0 Å². The maximum absolute atomic E-state index is 13.2. The van der Waals surface area contributed by atoms with E-state index in [1.807, 2.05) is 25.3 Å². The Balaban J connectivity index is 2.18. The number of phenolic OH excluding ortho intramolecular Hbond substituents is 1. The fourth-order valence-electron chi connectivity index (χ4n) is 3.04. The predicted molar refractivity (Wildman–Crippen MR) is 116 cm³/mol. The molecule has 148 valence electrons. The minimum absolute atomic E-state index is 0.0848. The second kappa shape index (κ2) is 7.33. The first kappa shape index (κ1) is 20.6. The van der Waals surface area contributed by atoms with E-state index in [0.717, 1.165) is 11.1 Å². The fraction of sp³-hybridized carbons (Fsp3) is 0.273. The highest BCUT2D eigenvalue weighted by molar-refractivity contribution is 7.99. The molecule has 0 atom stereocenters. The van der Waals surface area contributed by atoms with Gasteiger partial charge in [0, 0.05) is 17.3 Å². The lowest BCUT2D eigenvalue weighted by atomic mass is 9.85. The molecule has 1 N–H and O–H groups in total. The largest absolute Gasteiger partial charge is 0.507 e. The summed E-state index contributed by atoms with van der Waals surface area (Å²) in [5, 5.41) is 11.0. The highest BCUT2D eigenvalue weighted by atomic mass is 32.2. The number of nitrogens with zero attached hydrogens (tertiary/aromatic N) is 1. The summed E-state index contributed by atoms with van der Waals surface area (Å²) >= 11 is 1.34. The van der Waals surface area contributed by atoms with Crippen molar-refractivity contribution in [3.63, 3.8) is 0 Å². The monoisotopic (exact) mass is 415 g/mol. The minimum Gasteiger partial charge on any atom is -0.507 e. The van der Waals surface area contributed by atoms with Gasteiger partial charge < -0.3 is 5.11 Å². The summed E-state index contributed by atoms with van der Waals surface area (Å²) in [7, 11) is -3.72. The van der Waals surface area contributed by atoms with E-state index in [4.69, 9.17) is 0 Å². The lowest BCUT2D eigenvalue weighted by Gasteiger charge is -2.20. The highest BCUT2D eigenvalue weighted by Gasteiger charge is 2.24. The Morgan fingerprint density at radius 2 is 1.61 bits per heavy atom. The summed E-state index contributed by atoms with van der Waals surface area (Å²) in [6.45, 7) is 8.23. The average molecular weight is 416 g/mol. The van der Waals surface area contributed by atoms with Gasteiger partial charge in [-0.3, -0.25) is 0 Å². The lowest BCUT2D eigenvalue weighted by Crippen LogP contribution is -2.13. The molecule has 0 fully saturated rings. The van der Waals surface area contributed by atoms with Crippen LogP contribution in [0, 0.1) is 6.92 Å². The first-order valence-corrected chi connectivity index (χ1v) is 11.6. The van der Waals surface area contributed by atoms with Crippen LogP contribution in [0.15, 0.2) is 64.6 Å². The molecule has 2 aromatic carbocycles. The maximum atomic E-state index is 13.2. The van der Waals surface area contributed by atoms with Crippen molar-refractivity contribution in [2.75, 3.05) is 6.26 Å². The van der Waals surface area contributed by atoms with Crippen LogP contribution in [0.3, 0.4) is 0 Å². The van der Waals surface area contributed by atoms with Gasteiger partial charge in [-0.2, -0.15) is 0 Å². The molecule has 4 nitrogen and oxygen atoms in total. The van der Waals surface area contributed by atoms with Crippen LogP contribution in [0.2, 0.25) is 0 Å². The van der Waals surface area contributed by atoms with Gasteiger partial charge >= 0.3 is 0 Å². The molecule has 0 bridgehead atoms. The molecule has 0 aliphatic rings. The molecule has 0 unspecified atom stereocenters. The van der Waals surface area contributed by atoms with Crippen molar-refractivity contribution >= 4 is 21.8 Å². The molecule has 1 aromatic heterocycles. The summed E-state index contributed by atoms with van der Waals surface area (Å²) in [4.78, 5) is 0.239. The first-order valence-electron chi connectivity index (χ1n) is 8.97. The van der Waals surface area contributed by atoms with Crippen molar-refractivity contribution in [2.45, 2.75) is 43.0 Å². The summed E-state index contributed by atoms with van der Waals surface area (Å²) in [5.41, 5.74) is 3.32. The summed E-state index contributed by atoms with van der Waals surface area (Å²) in [6.07, 6.45) is 3.39. The van der Waals surface area contributed by atoms with Crippen molar-refractivity contribution in [1.29, 1.82) is 0 Å². The molecular weight excluding hydrogens is 390 g/mol. The van der Waals surface area contributed by atoms with Crippen LogP contribution < -0.4 is 0 Å². The van der Waals surface area contributed by atoms with Gasteiger partial charge in [0.05, 0.1) is 9.92 Å². The second-order valence-electron chi connectivity index (χ2n) is 7.83. The van der Waals surface area contributed by atoms with Crippen LogP contribution in [-0.4, -0.2) is 23.8 Å². The van der Waals surface area contributed by atoms with Crippen molar-refractivity contribution in [2.24, 2.45) is 0 Å². The van der Waals surface area contributed by atoms with E-state index in [1.165, 1.54) is 15.7 Å². The molecule has 0 amide bonds. The number of hydrogen-bond donors (Lipinski definition) is 1. The number of aromatic hydroxyl groups is 1. The molecular formula is C22H25NO3S2. The zero-order valence-corrected chi connectivity index (χ0v) is 18.4. The Labute approximate surface area is 171 Å². The maximum Gasteiger partial charge on any atom is 0.268 e. The van der Waals surface area contributed by atoms with Gasteiger partial charge in [-0.1, -0.05) is 44.5 Å². The number of aryl methyl sites for hydroxylation is 1. The van der Waals surface area contributed by atoms with Crippen LogP contribution in [0.1, 0.15) is 31.9 Å². The molecule has 6 heteroatoms. The summed E-state index contributed by atoms with van der Waals surface area (Å²) < 4.78 is 27.6. The van der Waals surface area contributed by atoms with Gasteiger partial charge in [-0.25, -0.2) is 12.4 Å². The predicted octanol–water partition coefficient (Wildman–Crippen LogP) is 5.43. The third-order valence-electron chi connectivity index (χ3n) is 4.73. The molecule has 3 rings (SSSR count). The molecule has 0 saturated heterocycles. The highest BCUT2D eigenvalue weighted by Crippen LogP contribution is 2.40. The zero-order chi connectivity index (χ0) is 20.7. The minimum atomic E-state index is -3.72. The van der Waals surface area contributed by atoms with Crippen molar-refractivity contribution < 1.29 is 13.5 Å². The standard InChI is InChI=1S/C22H25NO3S2/c1-15-6-9-17(10-7-15)28(25,26)23-13-12-18(21(23)27-5)19-14-16(22(2,3)4)8-11-20(19)24/h6-14,24H,1-5H3. The van der Waals surface area contributed by atoms with Crippen LogP contribution in [-0.2, 0) is 15.4 Å². The summed E-state index contributed by atoms with van der Waals surface area (Å²) in [5.74, 6) is 0.133. The van der Waals surface area contributed by atoms with E-state index in [0.29, 0.717) is 16.2 Å². The smallest absolute Gasteiger partial charge is 0.268 e. The Hall–Kier alpha value is -2.18. The van der Waals surface area contributed by atoms with Gasteiger partial charge in [0.2, 0.25) is 0 Å². The molecule has 1 heterocycles. The molecule has 0 saturated carbocycles. The Morgan fingerprint density at radius 3 is 2.18 bits per heavy atom. The Morgan fingerprint density at radius 1 is 0.964 bits per heavy atom. The van der Waals surface area contributed by atoms with Crippen molar-refractivity contribution in [3.05, 3.63) is 65.9 Å². The van der Waals surface area contributed by atoms with Crippen molar-refractivity contribution in [3.8, 4) is 16.9 Å². The van der Waals surface area contributed by atoms with E-state index in [2.05, 4.69) is 20.8 Å². The molecule has 0 aliphatic carbocycles. The van der Waals surface area contributed by atoms with Crippen LogP contribution in [0.5, 0.6) is 5.75 Å². The van der Waals surface area contributed by atoms with Gasteiger partial charge in [0.25, 0.3) is 10.0 Å². The quantitative estimate of drug-likeness (QED) is 0.578.